The molecule has 0 aliphatic carbocycles. The fourth-order valence-corrected chi connectivity index (χ4v) is 2.93. The topological polar surface area (TPSA) is 47.6 Å². The maximum atomic E-state index is 11.2. The Labute approximate surface area is 128 Å². The second kappa shape index (κ2) is 7.81. The standard InChI is InChI=1S/C16H19NO3S/c1-19-11-12-5-3-4-6-15(12)17-10-14-8-7-13(21-14)9-16(18)20-2/h3-8,17H,9-11H2,1-2H3. The average Bonchev–Trinajstić information content (AvgIpc) is 2.94. The van der Waals surface area contributed by atoms with Crippen LogP contribution in [-0.2, 0) is 33.8 Å². The molecule has 0 fully saturated rings. The number of rotatable bonds is 7. The molecule has 0 aliphatic heterocycles. The van der Waals surface area contributed by atoms with Crippen LogP contribution in [0.15, 0.2) is 36.4 Å². The Bertz CT molecular complexity index is 595. The van der Waals surface area contributed by atoms with E-state index >= 15 is 0 Å². The first-order chi connectivity index (χ1) is 10.2. The smallest absolute Gasteiger partial charge is 0.310 e. The number of carbonyl (C=O) groups is 1. The van der Waals surface area contributed by atoms with Crippen LogP contribution in [0, 0.1) is 0 Å². The number of anilines is 1. The molecule has 0 saturated heterocycles. The van der Waals surface area contributed by atoms with E-state index in [2.05, 4.69) is 10.1 Å². The molecule has 0 atom stereocenters. The third kappa shape index (κ3) is 4.58. The number of thiophene rings is 1. The summed E-state index contributed by atoms with van der Waals surface area (Å²) in [7, 11) is 3.10. The largest absolute Gasteiger partial charge is 0.469 e. The number of hydrogen-bond acceptors (Lipinski definition) is 5. The van der Waals surface area contributed by atoms with E-state index in [1.54, 1.807) is 18.4 Å². The SMILES string of the molecule is COCc1ccccc1NCc1ccc(CC(=O)OC)s1. The number of esters is 1. The van der Waals surface area contributed by atoms with Gasteiger partial charge in [-0.3, -0.25) is 4.79 Å². The van der Waals surface area contributed by atoms with Gasteiger partial charge in [0.1, 0.15) is 0 Å². The summed E-state index contributed by atoms with van der Waals surface area (Å²) < 4.78 is 9.87. The molecule has 1 N–H and O–H groups in total. The first-order valence-electron chi connectivity index (χ1n) is 6.68. The Kier molecular flexibility index (Phi) is 5.78. The van der Waals surface area contributed by atoms with E-state index in [0.29, 0.717) is 13.0 Å². The van der Waals surface area contributed by atoms with Crippen LogP contribution in [0.3, 0.4) is 0 Å². The Morgan fingerprint density at radius 3 is 2.67 bits per heavy atom. The van der Waals surface area contributed by atoms with Gasteiger partial charge in [0.2, 0.25) is 0 Å². The minimum Gasteiger partial charge on any atom is -0.469 e. The fraction of sp³-hybridized carbons (Fsp3) is 0.312. The second-order valence-electron chi connectivity index (χ2n) is 4.56. The quantitative estimate of drug-likeness (QED) is 0.798. The summed E-state index contributed by atoms with van der Waals surface area (Å²) in [5.74, 6) is -0.207. The Balaban J connectivity index is 1.95. The van der Waals surface area contributed by atoms with Crippen LogP contribution in [0.4, 0.5) is 5.69 Å². The molecule has 0 amide bonds. The molecule has 4 nitrogen and oxygen atoms in total. The van der Waals surface area contributed by atoms with Crippen LogP contribution < -0.4 is 5.32 Å². The summed E-state index contributed by atoms with van der Waals surface area (Å²) in [6, 6.07) is 12.1. The Morgan fingerprint density at radius 2 is 1.90 bits per heavy atom. The van der Waals surface area contributed by atoms with Crippen molar-refractivity contribution in [1.82, 2.24) is 0 Å². The van der Waals surface area contributed by atoms with Crippen molar-refractivity contribution in [3.8, 4) is 0 Å². The Morgan fingerprint density at radius 1 is 1.14 bits per heavy atom. The van der Waals surface area contributed by atoms with Crippen LogP contribution in [0.2, 0.25) is 0 Å². The van der Waals surface area contributed by atoms with Crippen molar-refractivity contribution in [1.29, 1.82) is 0 Å². The van der Waals surface area contributed by atoms with Crippen molar-refractivity contribution in [2.24, 2.45) is 0 Å². The normalized spacial score (nSPS) is 10.4. The first-order valence-corrected chi connectivity index (χ1v) is 7.49. The molecule has 5 heteroatoms. The lowest BCUT2D eigenvalue weighted by Crippen LogP contribution is -2.03. The zero-order valence-electron chi connectivity index (χ0n) is 12.2. The lowest BCUT2D eigenvalue weighted by molar-refractivity contribution is -0.139. The molecule has 1 aromatic heterocycles. The number of methoxy groups -OCH3 is 2. The zero-order valence-corrected chi connectivity index (χ0v) is 13.0. The monoisotopic (exact) mass is 305 g/mol. The van der Waals surface area contributed by atoms with Crippen molar-refractivity contribution in [3.63, 3.8) is 0 Å². The average molecular weight is 305 g/mol. The molecule has 2 rings (SSSR count). The van der Waals surface area contributed by atoms with Crippen molar-refractivity contribution in [2.75, 3.05) is 19.5 Å². The van der Waals surface area contributed by atoms with Gasteiger partial charge in [-0.25, -0.2) is 0 Å². The highest BCUT2D eigenvalue weighted by Gasteiger charge is 2.07. The fourth-order valence-electron chi connectivity index (χ4n) is 1.98. The van der Waals surface area contributed by atoms with Gasteiger partial charge >= 0.3 is 5.97 Å². The van der Waals surface area contributed by atoms with Gasteiger partial charge in [-0.15, -0.1) is 11.3 Å². The minimum absolute atomic E-state index is 0.207. The maximum absolute atomic E-state index is 11.2. The molecule has 21 heavy (non-hydrogen) atoms. The number of nitrogens with one attached hydrogen (secondary N) is 1. The van der Waals surface area contributed by atoms with Crippen molar-refractivity contribution >= 4 is 23.0 Å². The van der Waals surface area contributed by atoms with E-state index in [0.717, 1.165) is 22.7 Å². The molecule has 0 aliphatic rings. The summed E-state index contributed by atoms with van der Waals surface area (Å²) in [6.45, 7) is 1.31. The minimum atomic E-state index is -0.207. The van der Waals surface area contributed by atoms with Crippen LogP contribution in [0.1, 0.15) is 15.3 Å². The van der Waals surface area contributed by atoms with Gasteiger partial charge < -0.3 is 14.8 Å². The van der Waals surface area contributed by atoms with Crippen molar-refractivity contribution < 1.29 is 14.3 Å². The molecule has 1 heterocycles. The first kappa shape index (κ1) is 15.5. The summed E-state index contributed by atoms with van der Waals surface area (Å²) in [6.07, 6.45) is 0.335. The van der Waals surface area contributed by atoms with Gasteiger partial charge in [-0.2, -0.15) is 0 Å². The van der Waals surface area contributed by atoms with Crippen LogP contribution in [-0.4, -0.2) is 20.2 Å². The van der Waals surface area contributed by atoms with Gasteiger partial charge in [0.25, 0.3) is 0 Å². The third-order valence-electron chi connectivity index (χ3n) is 3.03. The summed E-state index contributed by atoms with van der Waals surface area (Å²) >= 11 is 1.62. The van der Waals surface area contributed by atoms with Crippen LogP contribution >= 0.6 is 11.3 Å². The molecular weight excluding hydrogens is 286 g/mol. The number of carbonyl (C=O) groups excluding carboxylic acids is 1. The lowest BCUT2D eigenvalue weighted by Gasteiger charge is -2.10. The van der Waals surface area contributed by atoms with Crippen molar-refractivity contribution in [2.45, 2.75) is 19.6 Å². The predicted molar refractivity (Wildman–Crippen MR) is 84.5 cm³/mol. The maximum Gasteiger partial charge on any atom is 0.310 e. The molecule has 112 valence electrons. The lowest BCUT2D eigenvalue weighted by atomic mass is 10.2. The number of para-hydroxylation sites is 1. The van der Waals surface area contributed by atoms with E-state index in [9.17, 15) is 4.79 Å². The van der Waals surface area contributed by atoms with Crippen LogP contribution in [0.5, 0.6) is 0 Å². The Hall–Kier alpha value is -1.85. The van der Waals surface area contributed by atoms with E-state index in [1.165, 1.54) is 12.0 Å². The zero-order chi connectivity index (χ0) is 15.1. The molecule has 0 saturated carbocycles. The van der Waals surface area contributed by atoms with Gasteiger partial charge in [-0.1, -0.05) is 18.2 Å². The molecule has 0 spiro atoms. The number of benzene rings is 1. The van der Waals surface area contributed by atoms with E-state index < -0.39 is 0 Å². The molecule has 2 aromatic rings. The summed E-state index contributed by atoms with van der Waals surface area (Å²) in [5.41, 5.74) is 2.20. The van der Waals surface area contributed by atoms with Gasteiger partial charge in [0.05, 0.1) is 20.1 Å². The highest BCUT2D eigenvalue weighted by molar-refractivity contribution is 7.12. The highest BCUT2D eigenvalue weighted by Crippen LogP contribution is 2.21. The van der Waals surface area contributed by atoms with Gasteiger partial charge in [-0.05, 0) is 18.2 Å². The number of hydrogen-bond donors (Lipinski definition) is 1. The van der Waals surface area contributed by atoms with Gasteiger partial charge in [0, 0.05) is 34.7 Å². The summed E-state index contributed by atoms with van der Waals surface area (Å²) in [4.78, 5) is 13.4. The van der Waals surface area contributed by atoms with E-state index in [1.807, 2.05) is 36.4 Å². The number of ether oxygens (including phenoxy) is 2. The predicted octanol–water partition coefficient (Wildman–Crippen LogP) is 3.22. The molecule has 0 bridgehead atoms. The van der Waals surface area contributed by atoms with Gasteiger partial charge in [0.15, 0.2) is 0 Å². The van der Waals surface area contributed by atoms with Crippen molar-refractivity contribution in [3.05, 3.63) is 51.7 Å². The van der Waals surface area contributed by atoms with E-state index in [-0.39, 0.29) is 5.97 Å². The summed E-state index contributed by atoms with van der Waals surface area (Å²) in [5, 5.41) is 3.41. The third-order valence-corrected chi connectivity index (χ3v) is 4.12. The second-order valence-corrected chi connectivity index (χ2v) is 5.82. The highest BCUT2D eigenvalue weighted by atomic mass is 32.1. The van der Waals surface area contributed by atoms with E-state index in [4.69, 9.17) is 4.74 Å². The van der Waals surface area contributed by atoms with Crippen LogP contribution in [0.25, 0.3) is 0 Å². The molecule has 0 unspecified atom stereocenters. The molecule has 0 radical (unpaired) electrons. The molecular formula is C16H19NO3S. The molecule has 1 aromatic carbocycles.